The number of dihydropyridines is 2. The maximum absolute atomic E-state index is 13.4. The summed E-state index contributed by atoms with van der Waals surface area (Å²) in [4.78, 5) is 110. The molecule has 4 fully saturated rings. The highest BCUT2D eigenvalue weighted by Gasteiger charge is 2.55. The van der Waals surface area contributed by atoms with Crippen molar-refractivity contribution in [1.29, 1.82) is 0 Å². The van der Waals surface area contributed by atoms with Crippen molar-refractivity contribution < 1.29 is 47.8 Å². The zero-order valence-corrected chi connectivity index (χ0v) is 58.6. The molecule has 2 aromatic rings. The highest BCUT2D eigenvalue weighted by atomic mass is 16.5. The third-order valence-electron chi connectivity index (χ3n) is 19.7. The van der Waals surface area contributed by atoms with Crippen molar-refractivity contribution in [1.82, 2.24) is 10.6 Å². The van der Waals surface area contributed by atoms with Gasteiger partial charge < -0.3 is 20.1 Å². The molecule has 8 unspecified atom stereocenters. The molecule has 6 aliphatic rings. The zero-order valence-electron chi connectivity index (χ0n) is 58.6. The number of amides is 2. The average Bonchev–Trinajstić information content (AvgIpc) is 1.56. The summed E-state index contributed by atoms with van der Waals surface area (Å²) in [6.07, 6.45) is 13.8. The van der Waals surface area contributed by atoms with Crippen LogP contribution in [0.4, 0.5) is 0 Å². The first-order valence-corrected chi connectivity index (χ1v) is 34.8. The lowest BCUT2D eigenvalue weighted by molar-refractivity contribution is -0.147. The van der Waals surface area contributed by atoms with Gasteiger partial charge in [-0.1, -0.05) is 154 Å². The lowest BCUT2D eigenvalue weighted by Gasteiger charge is -2.35. The molecule has 92 heavy (non-hydrogen) atoms. The van der Waals surface area contributed by atoms with Gasteiger partial charge in [-0.2, -0.15) is 0 Å². The molecule has 8 atom stereocenters. The second-order valence-electron chi connectivity index (χ2n) is 32.6. The number of carbonyl (C=O) groups is 8. The van der Waals surface area contributed by atoms with Gasteiger partial charge in [-0.05, 0) is 158 Å². The minimum Gasteiger partial charge on any atom is -0.463 e. The summed E-state index contributed by atoms with van der Waals surface area (Å²) in [5.74, 6) is 1.78. The van der Waals surface area contributed by atoms with E-state index in [1.807, 2.05) is 24.3 Å². The third-order valence-corrected chi connectivity index (χ3v) is 19.7. The maximum atomic E-state index is 13.4. The predicted octanol–water partition coefficient (Wildman–Crippen LogP) is 14.5. The number of hydrogen-bond acceptors (Lipinski definition) is 12. The van der Waals surface area contributed by atoms with Gasteiger partial charge in [-0.25, -0.2) is 0 Å². The number of fused-ring (bicyclic) bond motifs is 10. The molecule has 0 saturated heterocycles. The summed E-state index contributed by atoms with van der Waals surface area (Å²) < 4.78 is 10.3. The van der Waals surface area contributed by atoms with E-state index >= 15 is 0 Å². The number of nitrogens with zero attached hydrogens (tertiary/aromatic N) is 2. The van der Waals surface area contributed by atoms with Crippen molar-refractivity contribution in [3.05, 3.63) is 93.1 Å². The maximum Gasteiger partial charge on any atom is 0.313 e. The molecule has 14 heteroatoms. The fourth-order valence-corrected chi connectivity index (χ4v) is 15.3. The monoisotopic (exact) mass is 1260 g/mol. The minimum atomic E-state index is -0.545. The van der Waals surface area contributed by atoms with E-state index in [2.05, 4.69) is 132 Å². The van der Waals surface area contributed by atoms with Gasteiger partial charge in [0.2, 0.25) is 11.8 Å². The first-order valence-electron chi connectivity index (χ1n) is 34.8. The summed E-state index contributed by atoms with van der Waals surface area (Å²) in [5.41, 5.74) is 12.8. The number of ether oxygens (including phenoxy) is 2. The number of nitrogens with one attached hydrogen (secondary N) is 2. The molecule has 14 nitrogen and oxygen atoms in total. The molecule has 0 aromatic heterocycles. The van der Waals surface area contributed by atoms with Crippen LogP contribution >= 0.6 is 0 Å². The highest BCUT2D eigenvalue weighted by molar-refractivity contribution is 6.07. The summed E-state index contributed by atoms with van der Waals surface area (Å²) >= 11 is 0. The van der Waals surface area contributed by atoms with Crippen molar-refractivity contribution in [2.45, 2.75) is 225 Å². The number of esters is 2. The summed E-state index contributed by atoms with van der Waals surface area (Å²) in [6, 6.07) is 16.2. The molecule has 4 bridgehead atoms. The van der Waals surface area contributed by atoms with Gasteiger partial charge in [-0.15, -0.1) is 0 Å². The molecule has 2 aliphatic heterocycles. The van der Waals surface area contributed by atoms with Gasteiger partial charge in [0.1, 0.15) is 49.2 Å². The number of aliphatic imine (C=N–C) groups is 2. The van der Waals surface area contributed by atoms with Crippen LogP contribution in [0.3, 0.4) is 0 Å². The fraction of sp³-hybridized carbons (Fsp3) is 0.667. The zero-order chi connectivity index (χ0) is 67.3. The number of ketones is 4. The van der Waals surface area contributed by atoms with Crippen molar-refractivity contribution >= 4 is 58.3 Å². The van der Waals surface area contributed by atoms with Crippen LogP contribution in [0.15, 0.2) is 80.8 Å². The number of Topliss-reactive ketones (excluding diaryl/α,β-unsaturated/α-hetero) is 4. The van der Waals surface area contributed by atoms with Gasteiger partial charge in [0, 0.05) is 60.8 Å². The molecule has 2 N–H and O–H groups in total. The number of rotatable bonds is 30. The number of allylic oxidation sites excluding steroid dienone is 2. The first-order chi connectivity index (χ1) is 43.2. The number of benzene rings is 2. The molecule has 2 heterocycles. The van der Waals surface area contributed by atoms with Crippen molar-refractivity contribution in [3.8, 4) is 0 Å². The van der Waals surface area contributed by atoms with Gasteiger partial charge in [0.05, 0.1) is 39.0 Å². The average molecular weight is 1270 g/mol. The molecule has 8 rings (SSSR count). The Morgan fingerprint density at radius 3 is 1.32 bits per heavy atom. The first kappa shape index (κ1) is 73.2. The molecular formula is C78H112N4O10. The van der Waals surface area contributed by atoms with E-state index in [-0.39, 0.29) is 115 Å². The van der Waals surface area contributed by atoms with Crippen molar-refractivity contribution in [2.75, 3.05) is 39.4 Å². The van der Waals surface area contributed by atoms with E-state index in [4.69, 9.17) is 19.5 Å². The van der Waals surface area contributed by atoms with Crippen molar-refractivity contribution in [2.24, 2.45) is 79.0 Å². The number of carbonyl (C=O) groups excluding carboxylic acids is 8. The van der Waals surface area contributed by atoms with Crippen LogP contribution in [0.1, 0.15) is 235 Å². The Labute approximate surface area is 551 Å². The molecule has 0 radical (unpaired) electrons. The molecule has 504 valence electrons. The van der Waals surface area contributed by atoms with Gasteiger partial charge in [0.25, 0.3) is 0 Å². The molecular weight excluding hydrogens is 1150 g/mol. The van der Waals surface area contributed by atoms with E-state index < -0.39 is 11.9 Å². The van der Waals surface area contributed by atoms with Crippen LogP contribution in [0.25, 0.3) is 0 Å². The third kappa shape index (κ3) is 22.0. The summed E-state index contributed by atoms with van der Waals surface area (Å²) in [7, 11) is 0. The molecule has 0 spiro atoms. The molecule has 4 saturated carbocycles. The lowest BCUT2D eigenvalue weighted by atomic mass is 9.69. The normalized spacial score (nSPS) is 22.4. The Kier molecular flexibility index (Phi) is 25.7. The predicted molar refractivity (Wildman–Crippen MR) is 365 cm³/mol. The SMILES string of the molecule is CC1=C2C3CC(C(=O)CCCC(C)(C)C)C(C3)C2C(c2ccc(CC(=O)NCCOC(=O)CC(=O)CCCC(C)(C)C)cc2)=NC1.CC1=C2C3CC(CC3C(=O)CCCC(C)(C)C)C2C(c2ccc(CC(=O)NCCOC(=O)CC(=O)CCCC(C)(C)C)cc2)=NC1. The van der Waals surface area contributed by atoms with Crippen LogP contribution in [0.2, 0.25) is 0 Å². The lowest BCUT2D eigenvalue weighted by Crippen LogP contribution is -2.36. The van der Waals surface area contributed by atoms with E-state index in [1.165, 1.54) is 22.3 Å². The van der Waals surface area contributed by atoms with Crippen molar-refractivity contribution in [3.63, 3.8) is 0 Å². The van der Waals surface area contributed by atoms with Gasteiger partial charge in [-0.3, -0.25) is 48.3 Å². The summed E-state index contributed by atoms with van der Waals surface area (Å²) in [5, 5.41) is 5.59. The topological polar surface area (TPSA) is 204 Å². The minimum absolute atomic E-state index is 0.0392. The molecule has 4 aliphatic carbocycles. The van der Waals surface area contributed by atoms with E-state index in [9.17, 15) is 38.4 Å². The van der Waals surface area contributed by atoms with E-state index in [0.29, 0.717) is 79.9 Å². The molecule has 2 aromatic carbocycles. The van der Waals surface area contributed by atoms with Crippen LogP contribution in [0.5, 0.6) is 0 Å². The Morgan fingerprint density at radius 2 is 0.880 bits per heavy atom. The van der Waals surface area contributed by atoms with Crippen LogP contribution < -0.4 is 10.6 Å². The fourth-order valence-electron chi connectivity index (χ4n) is 15.3. The highest BCUT2D eigenvalue weighted by Crippen LogP contribution is 2.60. The summed E-state index contributed by atoms with van der Waals surface area (Å²) in [6.45, 7) is 32.5. The largest absolute Gasteiger partial charge is 0.463 e. The van der Waals surface area contributed by atoms with Gasteiger partial charge >= 0.3 is 11.9 Å². The molecule has 2 amide bonds. The second-order valence-corrected chi connectivity index (χ2v) is 32.6. The van der Waals surface area contributed by atoms with Gasteiger partial charge in [0.15, 0.2) is 0 Å². The van der Waals surface area contributed by atoms with E-state index in [0.717, 1.165) is 111 Å². The van der Waals surface area contributed by atoms with Crippen LogP contribution in [-0.2, 0) is 60.7 Å². The quantitative estimate of drug-likeness (QED) is 0.0328. The Hall–Kier alpha value is -6.18. The Morgan fingerprint density at radius 1 is 0.478 bits per heavy atom. The Bertz CT molecular complexity index is 3100. The van der Waals surface area contributed by atoms with E-state index in [1.54, 1.807) is 0 Å². The number of hydrogen-bond donors (Lipinski definition) is 2. The smallest absolute Gasteiger partial charge is 0.313 e. The second kappa shape index (κ2) is 32.3. The van der Waals surface area contributed by atoms with Crippen LogP contribution in [-0.4, -0.2) is 97.7 Å². The standard InChI is InChI=1S/2C39H56N2O5/c1-25-24-41-37(36-28-21-30(31(22-28)35(25)36)32(43)11-9-17-39(5,6)7)27-14-12-26(13-15-27)20-33(44)40-18-19-46-34(45)23-29(42)10-8-16-38(2,3)4;1-25-24-41-37(36-31-22-28(35(25)36)21-30(31)32(43)11-9-17-39(5,6)7)27-14-12-26(13-15-27)20-33(44)40-18-19-46-34(45)23-29(42)10-8-16-38(2,3)4/h2*12-15,28,30-31,36H,8-11,16-24H2,1-7H3,(H,40,44). The Balaban J connectivity index is 0.000000261. The van der Waals surface area contributed by atoms with Crippen LogP contribution in [0, 0.1) is 69.0 Å².